The normalized spacial score (nSPS) is 18.1. The molecule has 106 valence electrons. The molecule has 1 aliphatic carbocycles. The second kappa shape index (κ2) is 7.06. The Labute approximate surface area is 117 Å². The fourth-order valence-corrected chi connectivity index (χ4v) is 2.63. The van der Waals surface area contributed by atoms with Crippen LogP contribution < -0.4 is 5.32 Å². The van der Waals surface area contributed by atoms with Gasteiger partial charge in [0, 0.05) is 12.6 Å². The molecule has 1 saturated carbocycles. The molecular formula is C17H27NO. The molecule has 2 heteroatoms. The molecule has 0 amide bonds. The van der Waals surface area contributed by atoms with Gasteiger partial charge in [-0.25, -0.2) is 0 Å². The van der Waals surface area contributed by atoms with Crippen molar-refractivity contribution in [1.29, 1.82) is 0 Å². The van der Waals surface area contributed by atoms with Crippen LogP contribution in [0.4, 0.5) is 0 Å². The van der Waals surface area contributed by atoms with Crippen molar-refractivity contribution in [2.24, 2.45) is 0 Å². The number of rotatable bonds is 6. The van der Waals surface area contributed by atoms with Gasteiger partial charge < -0.3 is 10.1 Å². The molecule has 1 aromatic rings. The average molecular weight is 261 g/mol. The quantitative estimate of drug-likeness (QED) is 0.836. The first-order valence-electron chi connectivity index (χ1n) is 7.60. The highest BCUT2D eigenvalue weighted by Gasteiger charge is 2.21. The SMILES string of the molecule is Cc1ccc(C(CNC(C)C)OC2CCCC2)cc1. The van der Waals surface area contributed by atoms with Crippen LogP contribution in [0.25, 0.3) is 0 Å². The molecule has 1 atom stereocenters. The Bertz CT molecular complexity index is 365. The van der Waals surface area contributed by atoms with Gasteiger partial charge in [0.2, 0.25) is 0 Å². The Balaban J connectivity index is 2.01. The molecule has 0 radical (unpaired) electrons. The molecule has 2 rings (SSSR count). The molecule has 0 spiro atoms. The highest BCUT2D eigenvalue weighted by molar-refractivity contribution is 5.23. The van der Waals surface area contributed by atoms with Crippen molar-refractivity contribution in [2.45, 2.75) is 64.7 Å². The lowest BCUT2D eigenvalue weighted by atomic mass is 10.1. The van der Waals surface area contributed by atoms with E-state index in [0.717, 1.165) is 6.54 Å². The molecule has 1 unspecified atom stereocenters. The Hall–Kier alpha value is -0.860. The van der Waals surface area contributed by atoms with Crippen molar-refractivity contribution in [1.82, 2.24) is 5.32 Å². The van der Waals surface area contributed by atoms with Gasteiger partial charge in [-0.3, -0.25) is 0 Å². The Kier molecular flexibility index (Phi) is 5.41. The molecular weight excluding hydrogens is 234 g/mol. The summed E-state index contributed by atoms with van der Waals surface area (Å²) >= 11 is 0. The predicted octanol–water partition coefficient (Wildman–Crippen LogP) is 3.99. The standard InChI is InChI=1S/C17H27NO/c1-13(2)18-12-17(19-16-6-4-5-7-16)15-10-8-14(3)9-11-15/h8-11,13,16-18H,4-7,12H2,1-3H3. The number of benzene rings is 1. The highest BCUT2D eigenvalue weighted by Crippen LogP contribution is 2.27. The summed E-state index contributed by atoms with van der Waals surface area (Å²) in [7, 11) is 0. The van der Waals surface area contributed by atoms with Crippen LogP contribution in [0.15, 0.2) is 24.3 Å². The van der Waals surface area contributed by atoms with Crippen LogP contribution in [0.2, 0.25) is 0 Å². The lowest BCUT2D eigenvalue weighted by Gasteiger charge is -2.24. The fraction of sp³-hybridized carbons (Fsp3) is 0.647. The first kappa shape index (κ1) is 14.5. The van der Waals surface area contributed by atoms with Crippen LogP contribution in [0.3, 0.4) is 0 Å². The van der Waals surface area contributed by atoms with E-state index in [-0.39, 0.29) is 6.10 Å². The second-order valence-corrected chi connectivity index (χ2v) is 6.00. The third-order valence-corrected chi connectivity index (χ3v) is 3.82. The predicted molar refractivity (Wildman–Crippen MR) is 80.4 cm³/mol. The monoisotopic (exact) mass is 261 g/mol. The number of hydrogen-bond donors (Lipinski definition) is 1. The molecule has 0 aliphatic heterocycles. The van der Waals surface area contributed by atoms with Gasteiger partial charge in [-0.15, -0.1) is 0 Å². The zero-order valence-corrected chi connectivity index (χ0v) is 12.5. The minimum absolute atomic E-state index is 0.186. The van der Waals surface area contributed by atoms with Gasteiger partial charge in [-0.2, -0.15) is 0 Å². The zero-order valence-electron chi connectivity index (χ0n) is 12.5. The van der Waals surface area contributed by atoms with Crippen molar-refractivity contribution >= 4 is 0 Å². The largest absolute Gasteiger partial charge is 0.369 e. The lowest BCUT2D eigenvalue weighted by molar-refractivity contribution is -0.00958. The van der Waals surface area contributed by atoms with E-state index in [1.54, 1.807) is 0 Å². The van der Waals surface area contributed by atoms with Crippen LogP contribution in [-0.2, 0) is 4.74 Å². The minimum Gasteiger partial charge on any atom is -0.369 e. The molecule has 2 nitrogen and oxygen atoms in total. The van der Waals surface area contributed by atoms with Crippen LogP contribution >= 0.6 is 0 Å². The van der Waals surface area contributed by atoms with E-state index < -0.39 is 0 Å². The van der Waals surface area contributed by atoms with Crippen LogP contribution in [0.1, 0.15) is 56.8 Å². The Morgan fingerprint density at radius 3 is 2.37 bits per heavy atom. The molecule has 19 heavy (non-hydrogen) atoms. The average Bonchev–Trinajstić information content (AvgIpc) is 2.88. The van der Waals surface area contributed by atoms with E-state index in [1.807, 2.05) is 0 Å². The molecule has 1 aliphatic rings. The van der Waals surface area contributed by atoms with Crippen LogP contribution in [-0.4, -0.2) is 18.7 Å². The Morgan fingerprint density at radius 1 is 1.16 bits per heavy atom. The maximum Gasteiger partial charge on any atom is 0.0953 e. The van der Waals surface area contributed by atoms with Crippen molar-refractivity contribution in [2.75, 3.05) is 6.54 Å². The van der Waals surface area contributed by atoms with E-state index in [2.05, 4.69) is 50.4 Å². The first-order valence-corrected chi connectivity index (χ1v) is 7.60. The summed E-state index contributed by atoms with van der Waals surface area (Å²) < 4.78 is 6.33. The summed E-state index contributed by atoms with van der Waals surface area (Å²) in [6.45, 7) is 7.39. The summed E-state index contributed by atoms with van der Waals surface area (Å²) in [5, 5.41) is 3.51. The van der Waals surface area contributed by atoms with E-state index in [0.29, 0.717) is 12.1 Å². The summed E-state index contributed by atoms with van der Waals surface area (Å²) in [6.07, 6.45) is 5.74. The van der Waals surface area contributed by atoms with Gasteiger partial charge in [0.05, 0.1) is 12.2 Å². The minimum atomic E-state index is 0.186. The molecule has 1 aromatic carbocycles. The Morgan fingerprint density at radius 2 is 1.79 bits per heavy atom. The van der Waals surface area contributed by atoms with Gasteiger partial charge in [-0.05, 0) is 25.3 Å². The maximum atomic E-state index is 6.33. The second-order valence-electron chi connectivity index (χ2n) is 6.00. The van der Waals surface area contributed by atoms with Crippen molar-refractivity contribution in [3.63, 3.8) is 0 Å². The fourth-order valence-electron chi connectivity index (χ4n) is 2.63. The van der Waals surface area contributed by atoms with Crippen LogP contribution in [0, 0.1) is 6.92 Å². The molecule has 0 aromatic heterocycles. The van der Waals surface area contributed by atoms with Gasteiger partial charge in [-0.1, -0.05) is 56.5 Å². The van der Waals surface area contributed by atoms with Gasteiger partial charge in [0.1, 0.15) is 0 Å². The number of aryl methyl sites for hydroxylation is 1. The molecule has 0 saturated heterocycles. The summed E-state index contributed by atoms with van der Waals surface area (Å²) in [5.74, 6) is 0. The highest BCUT2D eigenvalue weighted by atomic mass is 16.5. The summed E-state index contributed by atoms with van der Waals surface area (Å²) in [5.41, 5.74) is 2.60. The van der Waals surface area contributed by atoms with E-state index >= 15 is 0 Å². The third kappa shape index (κ3) is 4.63. The first-order chi connectivity index (χ1) is 9.15. The van der Waals surface area contributed by atoms with E-state index in [1.165, 1.54) is 36.8 Å². The molecule has 1 fully saturated rings. The van der Waals surface area contributed by atoms with E-state index in [9.17, 15) is 0 Å². The number of ether oxygens (including phenoxy) is 1. The summed E-state index contributed by atoms with van der Waals surface area (Å²) in [6, 6.07) is 9.26. The topological polar surface area (TPSA) is 21.3 Å². The van der Waals surface area contributed by atoms with Gasteiger partial charge in [0.25, 0.3) is 0 Å². The smallest absolute Gasteiger partial charge is 0.0953 e. The molecule has 1 N–H and O–H groups in total. The zero-order chi connectivity index (χ0) is 13.7. The lowest BCUT2D eigenvalue weighted by Crippen LogP contribution is -2.30. The van der Waals surface area contributed by atoms with Crippen molar-refractivity contribution in [3.8, 4) is 0 Å². The van der Waals surface area contributed by atoms with Gasteiger partial charge >= 0.3 is 0 Å². The number of nitrogens with one attached hydrogen (secondary N) is 1. The van der Waals surface area contributed by atoms with Crippen LogP contribution in [0.5, 0.6) is 0 Å². The van der Waals surface area contributed by atoms with Crippen molar-refractivity contribution < 1.29 is 4.74 Å². The third-order valence-electron chi connectivity index (χ3n) is 3.82. The maximum absolute atomic E-state index is 6.33. The van der Waals surface area contributed by atoms with E-state index in [4.69, 9.17) is 4.74 Å². The molecule has 0 bridgehead atoms. The van der Waals surface area contributed by atoms with Gasteiger partial charge in [0.15, 0.2) is 0 Å². The summed E-state index contributed by atoms with van der Waals surface area (Å²) in [4.78, 5) is 0. The number of hydrogen-bond acceptors (Lipinski definition) is 2. The van der Waals surface area contributed by atoms with Crippen molar-refractivity contribution in [3.05, 3.63) is 35.4 Å². The molecule has 0 heterocycles.